The van der Waals surface area contributed by atoms with Crippen molar-refractivity contribution < 1.29 is 9.90 Å². The Bertz CT molecular complexity index is 137. The molecule has 0 aliphatic carbocycles. The van der Waals surface area contributed by atoms with Crippen molar-refractivity contribution in [3.8, 4) is 0 Å². The van der Waals surface area contributed by atoms with E-state index < -0.39 is 11.2 Å². The normalized spacial score (nSPS) is 12.8. The molecule has 13 heavy (non-hydrogen) atoms. The summed E-state index contributed by atoms with van der Waals surface area (Å²) in [5.41, 5.74) is 0. The zero-order valence-electron chi connectivity index (χ0n) is 8.33. The molecule has 1 unspecified atom stereocenters. The highest BCUT2D eigenvalue weighted by atomic mass is 32.1. The predicted octanol–water partition coefficient (Wildman–Crippen LogP) is 3.12. The zero-order chi connectivity index (χ0) is 10.1. The van der Waals surface area contributed by atoms with Crippen molar-refractivity contribution in [3.05, 3.63) is 0 Å². The quantitative estimate of drug-likeness (QED) is 0.471. The molecule has 0 aliphatic heterocycles. The molecule has 0 saturated carbocycles. The first kappa shape index (κ1) is 12.8. The van der Waals surface area contributed by atoms with Crippen LogP contribution in [0.15, 0.2) is 0 Å². The second-order valence-corrected chi connectivity index (χ2v) is 4.03. The van der Waals surface area contributed by atoms with Gasteiger partial charge in [-0.25, -0.2) is 0 Å². The van der Waals surface area contributed by atoms with Crippen molar-refractivity contribution in [3.63, 3.8) is 0 Å². The molecule has 0 saturated heterocycles. The highest BCUT2D eigenvalue weighted by Crippen LogP contribution is 2.11. The first-order valence-electron chi connectivity index (χ1n) is 5.09. The third-order valence-corrected chi connectivity index (χ3v) is 2.60. The molecule has 3 heteroatoms. The third kappa shape index (κ3) is 8.16. The van der Waals surface area contributed by atoms with E-state index in [1.807, 2.05) is 0 Å². The topological polar surface area (TPSA) is 37.3 Å². The van der Waals surface area contributed by atoms with Crippen molar-refractivity contribution in [2.45, 2.75) is 57.1 Å². The molecule has 0 heterocycles. The summed E-state index contributed by atoms with van der Waals surface area (Å²) >= 11 is 3.97. The molecule has 0 fully saturated rings. The Hall–Kier alpha value is -0.180. The van der Waals surface area contributed by atoms with E-state index >= 15 is 0 Å². The van der Waals surface area contributed by atoms with Crippen LogP contribution in [0.4, 0.5) is 0 Å². The Labute approximate surface area is 86.1 Å². The third-order valence-electron chi connectivity index (χ3n) is 2.12. The van der Waals surface area contributed by atoms with Crippen LogP contribution >= 0.6 is 12.6 Å². The molecular weight excluding hydrogens is 184 g/mol. The molecule has 0 bridgehead atoms. The minimum Gasteiger partial charge on any atom is -0.480 e. The van der Waals surface area contributed by atoms with Crippen LogP contribution in [0.2, 0.25) is 0 Å². The lowest BCUT2D eigenvalue weighted by molar-refractivity contribution is -0.136. The van der Waals surface area contributed by atoms with Gasteiger partial charge in [0.05, 0.1) is 5.25 Å². The molecule has 78 valence electrons. The summed E-state index contributed by atoms with van der Waals surface area (Å²) in [6, 6.07) is 0. The first-order valence-corrected chi connectivity index (χ1v) is 5.61. The fraction of sp³-hybridized carbons (Fsp3) is 0.900. The van der Waals surface area contributed by atoms with Crippen LogP contribution in [-0.4, -0.2) is 16.3 Å². The van der Waals surface area contributed by atoms with Crippen molar-refractivity contribution in [1.29, 1.82) is 0 Å². The summed E-state index contributed by atoms with van der Waals surface area (Å²) in [7, 11) is 0. The molecule has 0 radical (unpaired) electrons. The van der Waals surface area contributed by atoms with Gasteiger partial charge in [0.15, 0.2) is 0 Å². The van der Waals surface area contributed by atoms with E-state index in [1.54, 1.807) is 0 Å². The minimum atomic E-state index is -0.795. The maximum absolute atomic E-state index is 10.4. The number of hydrogen-bond donors (Lipinski definition) is 2. The van der Waals surface area contributed by atoms with Gasteiger partial charge >= 0.3 is 5.97 Å². The average Bonchev–Trinajstić information content (AvgIpc) is 2.10. The number of hydrogen-bond acceptors (Lipinski definition) is 2. The standard InChI is InChI=1S/C10H20O2S/c1-2-3-4-5-6-7-8-9(13)10(11)12/h9,13H,2-8H2,1H3,(H,11,12). The largest absolute Gasteiger partial charge is 0.480 e. The van der Waals surface area contributed by atoms with E-state index in [1.165, 1.54) is 25.7 Å². The van der Waals surface area contributed by atoms with Crippen LogP contribution in [0, 0.1) is 0 Å². The molecule has 2 nitrogen and oxygen atoms in total. The lowest BCUT2D eigenvalue weighted by Crippen LogP contribution is -2.12. The SMILES string of the molecule is CCCCCCCCC(S)C(=O)O. The van der Waals surface area contributed by atoms with Gasteiger partial charge in [-0.15, -0.1) is 0 Å². The summed E-state index contributed by atoms with van der Waals surface area (Å²) in [6.07, 6.45) is 7.89. The Balaban J connectivity index is 3.11. The van der Waals surface area contributed by atoms with Gasteiger partial charge in [-0.3, -0.25) is 4.79 Å². The maximum Gasteiger partial charge on any atom is 0.316 e. The Morgan fingerprint density at radius 3 is 2.31 bits per heavy atom. The number of aliphatic carboxylic acids is 1. The summed E-state index contributed by atoms with van der Waals surface area (Å²) in [5.74, 6) is -0.795. The molecular formula is C10H20O2S. The summed E-state index contributed by atoms with van der Waals surface area (Å²) in [4.78, 5) is 10.4. The number of rotatable bonds is 8. The van der Waals surface area contributed by atoms with Gasteiger partial charge in [-0.1, -0.05) is 45.4 Å². The average molecular weight is 204 g/mol. The van der Waals surface area contributed by atoms with E-state index in [9.17, 15) is 4.79 Å². The number of carboxylic acids is 1. The smallest absolute Gasteiger partial charge is 0.316 e. The summed E-state index contributed by atoms with van der Waals surface area (Å²) in [6.45, 7) is 2.19. The summed E-state index contributed by atoms with van der Waals surface area (Å²) in [5, 5.41) is 8.08. The van der Waals surface area contributed by atoms with Crippen LogP contribution in [-0.2, 0) is 4.79 Å². The maximum atomic E-state index is 10.4. The fourth-order valence-corrected chi connectivity index (χ4v) is 1.42. The first-order chi connectivity index (χ1) is 6.18. The predicted molar refractivity (Wildman–Crippen MR) is 58.4 cm³/mol. The van der Waals surface area contributed by atoms with Gasteiger partial charge in [0.2, 0.25) is 0 Å². The molecule has 0 amide bonds. The molecule has 0 aromatic carbocycles. The zero-order valence-corrected chi connectivity index (χ0v) is 9.22. The highest BCUT2D eigenvalue weighted by Gasteiger charge is 2.10. The number of carbonyl (C=O) groups is 1. The minimum absolute atomic E-state index is 0.467. The van der Waals surface area contributed by atoms with Gasteiger partial charge in [-0.05, 0) is 6.42 Å². The van der Waals surface area contributed by atoms with Crippen molar-refractivity contribution in [2.75, 3.05) is 0 Å². The Morgan fingerprint density at radius 2 is 1.77 bits per heavy atom. The van der Waals surface area contributed by atoms with E-state index in [2.05, 4.69) is 19.6 Å². The molecule has 1 N–H and O–H groups in total. The van der Waals surface area contributed by atoms with E-state index in [4.69, 9.17) is 5.11 Å². The van der Waals surface area contributed by atoms with Crippen LogP contribution in [0.5, 0.6) is 0 Å². The Morgan fingerprint density at radius 1 is 1.23 bits per heavy atom. The van der Waals surface area contributed by atoms with Gasteiger partial charge in [0.1, 0.15) is 0 Å². The second kappa shape index (κ2) is 8.42. The summed E-state index contributed by atoms with van der Waals surface area (Å²) < 4.78 is 0. The van der Waals surface area contributed by atoms with E-state index in [0.29, 0.717) is 6.42 Å². The van der Waals surface area contributed by atoms with Crippen LogP contribution < -0.4 is 0 Å². The molecule has 0 spiro atoms. The second-order valence-electron chi connectivity index (χ2n) is 3.41. The van der Waals surface area contributed by atoms with Crippen LogP contribution in [0.1, 0.15) is 51.9 Å². The van der Waals surface area contributed by atoms with Gasteiger partial charge in [0.25, 0.3) is 0 Å². The van der Waals surface area contributed by atoms with Crippen LogP contribution in [0.3, 0.4) is 0 Å². The van der Waals surface area contributed by atoms with Gasteiger partial charge in [0, 0.05) is 0 Å². The van der Waals surface area contributed by atoms with E-state index in [-0.39, 0.29) is 0 Å². The van der Waals surface area contributed by atoms with Crippen molar-refractivity contribution >= 4 is 18.6 Å². The van der Waals surface area contributed by atoms with Gasteiger partial charge in [-0.2, -0.15) is 12.6 Å². The monoisotopic (exact) mass is 204 g/mol. The lowest BCUT2D eigenvalue weighted by Gasteiger charge is -2.04. The molecule has 0 aliphatic rings. The molecule has 0 aromatic rings. The van der Waals surface area contributed by atoms with Crippen LogP contribution in [0.25, 0.3) is 0 Å². The molecule has 1 atom stereocenters. The molecule has 0 rings (SSSR count). The highest BCUT2D eigenvalue weighted by molar-refractivity contribution is 7.81. The lowest BCUT2D eigenvalue weighted by atomic mass is 10.1. The fourth-order valence-electron chi connectivity index (χ4n) is 1.24. The Kier molecular flexibility index (Phi) is 8.30. The van der Waals surface area contributed by atoms with Gasteiger partial charge < -0.3 is 5.11 Å². The number of unbranched alkanes of at least 4 members (excludes halogenated alkanes) is 5. The number of carboxylic acid groups (broad SMARTS) is 1. The molecule has 0 aromatic heterocycles. The van der Waals surface area contributed by atoms with Crippen molar-refractivity contribution in [2.24, 2.45) is 0 Å². The van der Waals surface area contributed by atoms with Crippen molar-refractivity contribution in [1.82, 2.24) is 0 Å². The number of thiol groups is 1. The van der Waals surface area contributed by atoms with E-state index in [0.717, 1.165) is 12.8 Å².